The largest absolute Gasteiger partial charge is 0.378 e. The summed E-state index contributed by atoms with van der Waals surface area (Å²) in [6.07, 6.45) is 8.75. The van der Waals surface area contributed by atoms with E-state index in [0.717, 1.165) is 45.5 Å². The van der Waals surface area contributed by atoms with Crippen LogP contribution in [0.5, 0.6) is 0 Å². The number of rotatable bonds is 6. The van der Waals surface area contributed by atoms with E-state index in [1.165, 1.54) is 11.8 Å². The topological polar surface area (TPSA) is 85.4 Å². The summed E-state index contributed by atoms with van der Waals surface area (Å²) >= 11 is 0. The van der Waals surface area contributed by atoms with Gasteiger partial charge in [-0.05, 0) is 19.3 Å². The average molecular weight is 359 g/mol. The molecule has 140 valence electrons. The molecule has 2 atom stereocenters. The lowest BCUT2D eigenvalue weighted by Crippen LogP contribution is -2.50. The van der Waals surface area contributed by atoms with Crippen molar-refractivity contribution in [2.75, 3.05) is 26.2 Å². The molecule has 2 aromatic heterocycles. The van der Waals surface area contributed by atoms with E-state index in [4.69, 9.17) is 9.26 Å². The second-order valence-electron chi connectivity index (χ2n) is 7.38. The van der Waals surface area contributed by atoms with Crippen LogP contribution in [-0.2, 0) is 18.3 Å². The Bertz CT molecular complexity index is 744. The molecule has 26 heavy (non-hydrogen) atoms. The number of ether oxygens (including phenoxy) is 1. The van der Waals surface area contributed by atoms with Crippen LogP contribution >= 0.6 is 0 Å². The highest BCUT2D eigenvalue weighted by Crippen LogP contribution is 2.43. The first-order chi connectivity index (χ1) is 12.6. The molecule has 2 aliphatic rings. The van der Waals surface area contributed by atoms with Crippen LogP contribution in [0.4, 0.5) is 0 Å². The van der Waals surface area contributed by atoms with Crippen LogP contribution in [-0.4, -0.2) is 58.1 Å². The third-order valence-corrected chi connectivity index (χ3v) is 5.58. The van der Waals surface area contributed by atoms with Gasteiger partial charge in [0, 0.05) is 63.1 Å². The highest BCUT2D eigenvalue weighted by atomic mass is 16.5. The van der Waals surface area contributed by atoms with E-state index < -0.39 is 0 Å². The molecular weight excluding hydrogens is 334 g/mol. The van der Waals surface area contributed by atoms with E-state index in [2.05, 4.69) is 26.7 Å². The number of likely N-dealkylation sites (tertiary alicyclic amines) is 1. The van der Waals surface area contributed by atoms with Gasteiger partial charge in [0.2, 0.25) is 5.76 Å². The van der Waals surface area contributed by atoms with Crippen molar-refractivity contribution in [2.45, 2.75) is 31.9 Å². The molecule has 0 saturated carbocycles. The number of hydrogen-bond donors (Lipinski definition) is 1. The van der Waals surface area contributed by atoms with Gasteiger partial charge in [-0.25, -0.2) is 0 Å². The van der Waals surface area contributed by atoms with E-state index in [0.29, 0.717) is 6.54 Å². The van der Waals surface area contributed by atoms with Gasteiger partial charge in [0.1, 0.15) is 0 Å². The van der Waals surface area contributed by atoms with Crippen molar-refractivity contribution in [1.29, 1.82) is 0 Å². The van der Waals surface area contributed by atoms with Crippen LogP contribution in [0.2, 0.25) is 0 Å². The maximum Gasteiger partial charge on any atom is 0.289 e. The first-order valence-electron chi connectivity index (χ1n) is 9.15. The van der Waals surface area contributed by atoms with Gasteiger partial charge in [-0.15, -0.1) is 0 Å². The molecule has 1 amide bonds. The summed E-state index contributed by atoms with van der Waals surface area (Å²) in [7, 11) is 1.94. The molecule has 2 aromatic rings. The quantitative estimate of drug-likeness (QED) is 0.834. The van der Waals surface area contributed by atoms with Crippen molar-refractivity contribution in [3.8, 4) is 0 Å². The molecule has 8 heteroatoms. The lowest BCUT2D eigenvalue weighted by atomic mass is 9.74. The monoisotopic (exact) mass is 359 g/mol. The van der Waals surface area contributed by atoms with Crippen LogP contribution in [0.1, 0.15) is 35.4 Å². The van der Waals surface area contributed by atoms with Crippen LogP contribution in [0.15, 0.2) is 29.2 Å². The Kier molecular flexibility index (Phi) is 4.78. The van der Waals surface area contributed by atoms with Crippen LogP contribution in [0.3, 0.4) is 0 Å². The third kappa shape index (κ3) is 3.52. The van der Waals surface area contributed by atoms with Crippen LogP contribution in [0.25, 0.3) is 0 Å². The Morgan fingerprint density at radius 2 is 2.42 bits per heavy atom. The van der Waals surface area contributed by atoms with Gasteiger partial charge >= 0.3 is 0 Å². The zero-order valence-electron chi connectivity index (χ0n) is 15.1. The lowest BCUT2D eigenvalue weighted by molar-refractivity contribution is -0.0240. The van der Waals surface area contributed by atoms with Gasteiger partial charge in [-0.3, -0.25) is 14.4 Å². The van der Waals surface area contributed by atoms with E-state index in [9.17, 15) is 4.79 Å². The van der Waals surface area contributed by atoms with Gasteiger partial charge in [0.25, 0.3) is 5.91 Å². The second kappa shape index (κ2) is 7.20. The third-order valence-electron chi connectivity index (χ3n) is 5.58. The number of carbonyl (C=O) groups excluding carboxylic acids is 1. The Labute approximate surface area is 152 Å². The SMILES string of the molecule is Cn1cc(CN2CC[C@H]3OCC[C@@]3(CCNC(=O)c3ccno3)C2)cn1. The molecule has 0 bridgehead atoms. The van der Waals surface area contributed by atoms with Crippen molar-refractivity contribution in [2.24, 2.45) is 12.5 Å². The number of aryl methyl sites for hydroxylation is 1. The molecule has 2 fully saturated rings. The fraction of sp³-hybridized carbons (Fsp3) is 0.611. The molecule has 0 spiro atoms. The summed E-state index contributed by atoms with van der Waals surface area (Å²) in [5, 5.41) is 10.8. The Morgan fingerprint density at radius 3 is 3.19 bits per heavy atom. The number of nitrogens with zero attached hydrogens (tertiary/aromatic N) is 4. The predicted octanol–water partition coefficient (Wildman–Crippen LogP) is 1.21. The van der Waals surface area contributed by atoms with Gasteiger partial charge < -0.3 is 14.6 Å². The number of piperidine rings is 1. The van der Waals surface area contributed by atoms with Crippen molar-refractivity contribution in [1.82, 2.24) is 25.2 Å². The minimum absolute atomic E-state index is 0.106. The molecule has 4 heterocycles. The zero-order valence-corrected chi connectivity index (χ0v) is 15.1. The molecular formula is C18H25N5O3. The number of fused-ring (bicyclic) bond motifs is 1. The predicted molar refractivity (Wildman–Crippen MR) is 93.3 cm³/mol. The van der Waals surface area contributed by atoms with Crippen LogP contribution in [0, 0.1) is 5.41 Å². The summed E-state index contributed by atoms with van der Waals surface area (Å²) in [4.78, 5) is 14.5. The fourth-order valence-electron chi connectivity index (χ4n) is 4.29. The average Bonchev–Trinajstić information content (AvgIpc) is 3.35. The first kappa shape index (κ1) is 17.2. The standard InChI is InChI=1S/C18H25N5O3/c1-22-11-14(10-20-22)12-23-8-3-16-18(13-23,5-9-25-16)4-7-19-17(24)15-2-6-21-26-15/h2,6,10-11,16H,3-5,7-9,12-13H2,1H3,(H,19,24)/t16-,18+/m1/s1. The molecule has 1 N–H and O–H groups in total. The Hall–Kier alpha value is -2.19. The van der Waals surface area contributed by atoms with Crippen LogP contribution < -0.4 is 5.32 Å². The first-order valence-corrected chi connectivity index (χ1v) is 9.15. The maximum absolute atomic E-state index is 12.0. The minimum atomic E-state index is -0.211. The van der Waals surface area contributed by atoms with Crippen molar-refractivity contribution in [3.63, 3.8) is 0 Å². The van der Waals surface area contributed by atoms with E-state index in [-0.39, 0.29) is 23.2 Å². The minimum Gasteiger partial charge on any atom is -0.378 e. The summed E-state index contributed by atoms with van der Waals surface area (Å²) in [6.45, 7) is 4.35. The fourth-order valence-corrected chi connectivity index (χ4v) is 4.29. The molecule has 2 saturated heterocycles. The number of amides is 1. The van der Waals surface area contributed by atoms with E-state index in [1.807, 2.05) is 17.9 Å². The molecule has 8 nitrogen and oxygen atoms in total. The summed E-state index contributed by atoms with van der Waals surface area (Å²) in [5.74, 6) is 0.0426. The Morgan fingerprint density at radius 1 is 1.50 bits per heavy atom. The summed E-state index contributed by atoms with van der Waals surface area (Å²) in [5.41, 5.74) is 1.34. The van der Waals surface area contributed by atoms with Gasteiger partial charge in [-0.2, -0.15) is 5.10 Å². The highest BCUT2D eigenvalue weighted by molar-refractivity contribution is 5.91. The number of aromatic nitrogens is 3. The van der Waals surface area contributed by atoms with Crippen molar-refractivity contribution in [3.05, 3.63) is 36.0 Å². The molecule has 4 rings (SSSR count). The molecule has 0 radical (unpaired) electrons. The smallest absolute Gasteiger partial charge is 0.289 e. The summed E-state index contributed by atoms with van der Waals surface area (Å²) < 4.78 is 12.8. The van der Waals surface area contributed by atoms with Gasteiger partial charge in [0.15, 0.2) is 0 Å². The molecule has 0 aromatic carbocycles. The second-order valence-corrected chi connectivity index (χ2v) is 7.38. The van der Waals surface area contributed by atoms with Crippen molar-refractivity contribution < 1.29 is 14.1 Å². The number of carbonyl (C=O) groups is 1. The lowest BCUT2D eigenvalue weighted by Gasteiger charge is -2.43. The van der Waals surface area contributed by atoms with E-state index in [1.54, 1.807) is 6.07 Å². The molecule has 0 aliphatic carbocycles. The molecule has 2 aliphatic heterocycles. The zero-order chi connectivity index (χ0) is 18.0. The normalized spacial score (nSPS) is 26.0. The number of hydrogen-bond acceptors (Lipinski definition) is 6. The maximum atomic E-state index is 12.0. The van der Waals surface area contributed by atoms with Crippen molar-refractivity contribution >= 4 is 5.91 Å². The van der Waals surface area contributed by atoms with Gasteiger partial charge in [-0.1, -0.05) is 5.16 Å². The van der Waals surface area contributed by atoms with Gasteiger partial charge in [0.05, 0.1) is 18.5 Å². The van der Waals surface area contributed by atoms with E-state index >= 15 is 0 Å². The number of nitrogens with one attached hydrogen (secondary N) is 1. The summed E-state index contributed by atoms with van der Waals surface area (Å²) in [6, 6.07) is 1.57. The Balaban J connectivity index is 1.36. The molecule has 0 unspecified atom stereocenters. The highest BCUT2D eigenvalue weighted by Gasteiger charge is 2.47.